The lowest BCUT2D eigenvalue weighted by atomic mass is 9.74. The van der Waals surface area contributed by atoms with E-state index in [1.54, 1.807) is 23.5 Å². The van der Waals surface area contributed by atoms with Crippen LogP contribution in [0.15, 0.2) is 48.5 Å². The first-order valence-corrected chi connectivity index (χ1v) is 10.5. The van der Waals surface area contributed by atoms with Gasteiger partial charge in [-0.15, -0.1) is 11.3 Å². The Balaban J connectivity index is 1.74. The van der Waals surface area contributed by atoms with Gasteiger partial charge in [0.25, 0.3) is 0 Å². The van der Waals surface area contributed by atoms with Crippen LogP contribution in [0.2, 0.25) is 0 Å². The molecule has 0 unspecified atom stereocenters. The van der Waals surface area contributed by atoms with E-state index in [0.29, 0.717) is 0 Å². The van der Waals surface area contributed by atoms with Gasteiger partial charge in [-0.25, -0.2) is 9.37 Å². The van der Waals surface area contributed by atoms with E-state index in [9.17, 15) is 14.8 Å². The fraction of sp³-hybridized carbons (Fsp3) is 0.304. The third kappa shape index (κ3) is 3.31. The maximum absolute atomic E-state index is 13.4. The quantitative estimate of drug-likeness (QED) is 0.667. The minimum Gasteiger partial charge on any atom is -0.394 e. The van der Waals surface area contributed by atoms with Crippen LogP contribution in [-0.4, -0.2) is 28.8 Å². The second-order valence-corrected chi connectivity index (χ2v) is 8.39. The molecule has 1 aliphatic rings. The lowest BCUT2D eigenvalue weighted by Gasteiger charge is -2.52. The van der Waals surface area contributed by atoms with Crippen molar-refractivity contribution in [3.63, 3.8) is 0 Å². The van der Waals surface area contributed by atoms with Crippen LogP contribution in [0.1, 0.15) is 29.0 Å². The molecule has 0 spiro atoms. The Hall–Kier alpha value is -2.75. The Morgan fingerprint density at radius 3 is 2.55 bits per heavy atom. The Labute approximate surface area is 173 Å². The molecule has 4 nitrogen and oxygen atoms in total. The van der Waals surface area contributed by atoms with Gasteiger partial charge in [0, 0.05) is 10.8 Å². The van der Waals surface area contributed by atoms with Crippen molar-refractivity contribution in [2.24, 2.45) is 0 Å². The Morgan fingerprint density at radius 1 is 1.21 bits per heavy atom. The fourth-order valence-corrected chi connectivity index (χ4v) is 5.27. The number of aliphatic hydroxyl groups is 1. The summed E-state index contributed by atoms with van der Waals surface area (Å²) in [7, 11) is 0. The first-order chi connectivity index (χ1) is 14.1. The van der Waals surface area contributed by atoms with Crippen molar-refractivity contribution in [3.05, 3.63) is 70.5 Å². The van der Waals surface area contributed by atoms with Crippen molar-refractivity contribution >= 4 is 16.5 Å². The summed E-state index contributed by atoms with van der Waals surface area (Å²) >= 11 is 1.57. The van der Waals surface area contributed by atoms with Crippen molar-refractivity contribution < 1.29 is 9.50 Å². The number of nitrogens with zero attached hydrogens (tertiary/aromatic N) is 3. The highest BCUT2D eigenvalue weighted by atomic mass is 32.1. The van der Waals surface area contributed by atoms with Gasteiger partial charge in [0.1, 0.15) is 11.9 Å². The molecule has 148 valence electrons. The van der Waals surface area contributed by atoms with Crippen molar-refractivity contribution in [1.82, 2.24) is 4.98 Å². The highest BCUT2D eigenvalue weighted by Gasteiger charge is 2.51. The summed E-state index contributed by atoms with van der Waals surface area (Å²) in [5.41, 5.74) is 3.88. The van der Waals surface area contributed by atoms with Crippen molar-refractivity contribution in [1.29, 1.82) is 5.26 Å². The van der Waals surface area contributed by atoms with E-state index in [-0.39, 0.29) is 24.4 Å². The lowest BCUT2D eigenvalue weighted by Crippen LogP contribution is -2.63. The zero-order chi connectivity index (χ0) is 20.5. The first kappa shape index (κ1) is 19.6. The van der Waals surface area contributed by atoms with Crippen LogP contribution >= 0.6 is 11.3 Å². The number of nitriles is 1. The van der Waals surface area contributed by atoms with Gasteiger partial charge in [-0.2, -0.15) is 5.26 Å². The Bertz CT molecular complexity index is 1060. The average Bonchev–Trinajstić information content (AvgIpc) is 3.09. The van der Waals surface area contributed by atoms with Gasteiger partial charge in [-0.3, -0.25) is 0 Å². The van der Waals surface area contributed by atoms with E-state index in [0.717, 1.165) is 38.8 Å². The van der Waals surface area contributed by atoms with Crippen LogP contribution in [0.3, 0.4) is 0 Å². The van der Waals surface area contributed by atoms with Crippen LogP contribution in [0, 0.1) is 24.1 Å². The smallest absolute Gasteiger partial charge is 0.187 e. The van der Waals surface area contributed by atoms with Crippen molar-refractivity contribution in [2.75, 3.05) is 11.5 Å². The predicted octanol–water partition coefficient (Wildman–Crippen LogP) is 4.68. The molecular formula is C23H22FN3OS. The van der Waals surface area contributed by atoms with Gasteiger partial charge < -0.3 is 10.0 Å². The van der Waals surface area contributed by atoms with Gasteiger partial charge in [0.05, 0.1) is 24.4 Å². The van der Waals surface area contributed by atoms with E-state index >= 15 is 0 Å². The molecule has 0 radical (unpaired) electrons. The third-order valence-electron chi connectivity index (χ3n) is 5.64. The summed E-state index contributed by atoms with van der Waals surface area (Å²) < 4.78 is 13.4. The van der Waals surface area contributed by atoms with Crippen LogP contribution in [0.4, 0.5) is 9.52 Å². The molecule has 3 atom stereocenters. The number of aryl methyl sites for hydroxylation is 2. The number of aromatic nitrogens is 1. The van der Waals surface area contributed by atoms with Gasteiger partial charge >= 0.3 is 0 Å². The molecule has 1 aliphatic heterocycles. The number of benzene rings is 2. The van der Waals surface area contributed by atoms with E-state index in [1.165, 1.54) is 12.1 Å². The molecule has 0 aliphatic carbocycles. The maximum Gasteiger partial charge on any atom is 0.187 e. The number of hydrogen-bond donors (Lipinski definition) is 1. The molecule has 29 heavy (non-hydrogen) atoms. The van der Waals surface area contributed by atoms with Crippen LogP contribution in [-0.2, 0) is 6.42 Å². The number of aliphatic hydroxyl groups excluding tert-OH is 1. The van der Waals surface area contributed by atoms with Gasteiger partial charge in [-0.05, 0) is 42.2 Å². The standard InChI is InChI=1S/C23H22FN3OS/c1-3-19-14(2)29-23(26-19)27-20(12-25)22(21(27)13-28)18-7-5-4-6-17(18)15-8-10-16(24)11-9-15/h4-11,20-22,28H,3,13H2,1-2H3/t20-,21-,22+/m0/s1. The van der Waals surface area contributed by atoms with Crippen LogP contribution in [0.5, 0.6) is 0 Å². The molecule has 1 fully saturated rings. The van der Waals surface area contributed by atoms with Crippen molar-refractivity contribution in [3.8, 4) is 17.2 Å². The zero-order valence-corrected chi connectivity index (χ0v) is 17.2. The fourth-order valence-electron chi connectivity index (χ4n) is 4.17. The Morgan fingerprint density at radius 2 is 1.93 bits per heavy atom. The highest BCUT2D eigenvalue weighted by Crippen LogP contribution is 2.47. The molecule has 1 saturated heterocycles. The summed E-state index contributed by atoms with van der Waals surface area (Å²) in [6, 6.07) is 16.0. The average molecular weight is 408 g/mol. The molecule has 3 aromatic rings. The van der Waals surface area contributed by atoms with Crippen LogP contribution in [0.25, 0.3) is 11.1 Å². The molecule has 0 amide bonds. The minimum absolute atomic E-state index is 0.0688. The molecule has 1 N–H and O–H groups in total. The topological polar surface area (TPSA) is 60.2 Å². The van der Waals surface area contributed by atoms with Gasteiger partial charge in [-0.1, -0.05) is 43.3 Å². The van der Waals surface area contributed by atoms with E-state index in [1.807, 2.05) is 36.1 Å². The molecule has 0 saturated carbocycles. The van der Waals surface area contributed by atoms with Crippen LogP contribution < -0.4 is 4.90 Å². The summed E-state index contributed by atoms with van der Waals surface area (Å²) in [6.07, 6.45) is 0.841. The second-order valence-electron chi connectivity index (χ2n) is 7.20. The number of rotatable bonds is 5. The second kappa shape index (κ2) is 7.94. The van der Waals surface area contributed by atoms with E-state index in [2.05, 4.69) is 13.0 Å². The number of hydrogen-bond acceptors (Lipinski definition) is 5. The number of halogens is 1. The van der Waals surface area contributed by atoms with E-state index < -0.39 is 6.04 Å². The first-order valence-electron chi connectivity index (χ1n) is 9.69. The van der Waals surface area contributed by atoms with Gasteiger partial charge in [0.15, 0.2) is 5.13 Å². The summed E-state index contributed by atoms with van der Waals surface area (Å²) in [6.45, 7) is 4.03. The predicted molar refractivity (Wildman–Crippen MR) is 114 cm³/mol. The summed E-state index contributed by atoms with van der Waals surface area (Å²) in [5, 5.41) is 20.9. The molecule has 0 bridgehead atoms. The molecule has 2 heterocycles. The molecule has 4 rings (SSSR count). The Kier molecular flexibility index (Phi) is 5.35. The maximum atomic E-state index is 13.4. The van der Waals surface area contributed by atoms with Gasteiger partial charge in [0.2, 0.25) is 0 Å². The van der Waals surface area contributed by atoms with E-state index in [4.69, 9.17) is 4.98 Å². The third-order valence-corrected chi connectivity index (χ3v) is 6.67. The molecule has 1 aromatic heterocycles. The molecular weight excluding hydrogens is 385 g/mol. The number of thiazole rings is 1. The monoisotopic (exact) mass is 407 g/mol. The zero-order valence-electron chi connectivity index (χ0n) is 16.3. The summed E-state index contributed by atoms with van der Waals surface area (Å²) in [4.78, 5) is 7.80. The number of anilines is 1. The minimum atomic E-state index is -0.413. The normalized spacial score (nSPS) is 20.9. The largest absolute Gasteiger partial charge is 0.394 e. The lowest BCUT2D eigenvalue weighted by molar-refractivity contribution is 0.188. The SMILES string of the molecule is CCc1nc(N2[C@@H](C#N)[C@@H](c3ccccc3-c3ccc(F)cc3)[C@@H]2CO)sc1C. The molecule has 6 heteroatoms. The van der Waals surface area contributed by atoms with Crippen molar-refractivity contribution in [2.45, 2.75) is 38.3 Å². The highest BCUT2D eigenvalue weighted by molar-refractivity contribution is 7.15. The molecule has 2 aromatic carbocycles. The summed E-state index contributed by atoms with van der Waals surface area (Å²) in [5.74, 6) is -0.435.